The van der Waals surface area contributed by atoms with Crippen LogP contribution in [0.1, 0.15) is 39.0 Å². The van der Waals surface area contributed by atoms with Crippen LogP contribution in [0.15, 0.2) is 23.7 Å². The Morgan fingerprint density at radius 1 is 0.875 bits per heavy atom. The van der Waals surface area contributed by atoms with Crippen LogP contribution in [0.4, 0.5) is 13.2 Å². The van der Waals surface area contributed by atoms with Crippen molar-refractivity contribution in [3.63, 3.8) is 0 Å². The van der Waals surface area contributed by atoms with Gasteiger partial charge in [0.05, 0.1) is 0 Å². The van der Waals surface area contributed by atoms with Gasteiger partial charge in [-0.2, -0.15) is 13.2 Å². The van der Waals surface area contributed by atoms with Crippen molar-refractivity contribution in [1.29, 1.82) is 0 Å². The van der Waals surface area contributed by atoms with E-state index in [1.165, 1.54) is 0 Å². The van der Waals surface area contributed by atoms with Crippen molar-refractivity contribution in [2.75, 3.05) is 0 Å². The molecule has 0 atom stereocenters. The Labute approximate surface area is 147 Å². The van der Waals surface area contributed by atoms with Crippen LogP contribution >= 0.6 is 0 Å². The van der Waals surface area contributed by atoms with Crippen molar-refractivity contribution in [3.05, 3.63) is 23.7 Å². The maximum Gasteiger partial charge on any atom is 0.447 e. The molecule has 0 saturated heterocycles. The van der Waals surface area contributed by atoms with Crippen molar-refractivity contribution < 1.29 is 22.0 Å². The molecular weight excluding hydrogens is 349 g/mol. The summed E-state index contributed by atoms with van der Waals surface area (Å²) >= 11 is 0. The molecule has 7 heteroatoms. The smallest absolute Gasteiger partial charge is 0.447 e. The molecule has 0 aromatic heterocycles. The second-order valence-electron chi connectivity index (χ2n) is 7.89. The molecule has 0 bridgehead atoms. The third kappa shape index (κ3) is 12.7. The van der Waals surface area contributed by atoms with Gasteiger partial charge in [0, 0.05) is 6.08 Å². The molecule has 0 rings (SSSR count). The molecule has 0 unspecified atom stereocenters. The van der Waals surface area contributed by atoms with E-state index in [0.717, 1.165) is 31.8 Å². The number of halogens is 3. The Hall–Kier alpha value is -0.696. The number of allylic oxidation sites excluding steroid dienone is 3. The summed E-state index contributed by atoms with van der Waals surface area (Å²) in [5.74, 6) is -0.657. The molecule has 0 N–H and O–H groups in total. The van der Waals surface area contributed by atoms with E-state index in [1.807, 2.05) is 19.6 Å². The Kier molecular flexibility index (Phi) is 9.42. The molecule has 142 valence electrons. The van der Waals surface area contributed by atoms with Crippen LogP contribution in [0, 0.1) is 0 Å². The zero-order valence-corrected chi connectivity index (χ0v) is 18.1. The van der Waals surface area contributed by atoms with Gasteiger partial charge >= 0.3 is 6.18 Å². The summed E-state index contributed by atoms with van der Waals surface area (Å²) < 4.78 is 51.0. The van der Waals surface area contributed by atoms with Crippen LogP contribution in [-0.2, 0) is 8.85 Å². The highest BCUT2D eigenvalue weighted by atomic mass is 28.4. The monoisotopic (exact) mass is 382 g/mol. The molecule has 0 saturated carbocycles. The van der Waals surface area contributed by atoms with E-state index in [9.17, 15) is 13.2 Å². The molecule has 0 heterocycles. The van der Waals surface area contributed by atoms with Crippen molar-refractivity contribution in [3.8, 4) is 0 Å². The lowest BCUT2D eigenvalue weighted by Gasteiger charge is -2.25. The minimum absolute atomic E-state index is 0.288. The van der Waals surface area contributed by atoms with E-state index in [4.69, 9.17) is 8.85 Å². The van der Waals surface area contributed by atoms with E-state index in [-0.39, 0.29) is 5.76 Å². The van der Waals surface area contributed by atoms with Crippen LogP contribution in [-0.4, -0.2) is 22.8 Å². The first-order valence-electron chi connectivity index (χ1n) is 8.61. The summed E-state index contributed by atoms with van der Waals surface area (Å²) in [5, 5.41) is 0. The summed E-state index contributed by atoms with van der Waals surface area (Å²) in [7, 11) is -4.37. The predicted molar refractivity (Wildman–Crippen MR) is 99.8 cm³/mol. The fraction of sp³-hybridized carbons (Fsp3) is 0.765. The fourth-order valence-electron chi connectivity index (χ4n) is 1.93. The van der Waals surface area contributed by atoms with Crippen LogP contribution in [0.3, 0.4) is 0 Å². The maximum atomic E-state index is 13.3. The summed E-state index contributed by atoms with van der Waals surface area (Å²) in [5.41, 5.74) is 0. The molecule has 0 aliphatic carbocycles. The zero-order valence-electron chi connectivity index (χ0n) is 16.1. The van der Waals surface area contributed by atoms with E-state index in [2.05, 4.69) is 6.92 Å². The highest BCUT2D eigenvalue weighted by Gasteiger charge is 2.39. The number of alkyl halides is 3. The molecule has 0 fully saturated rings. The van der Waals surface area contributed by atoms with Crippen molar-refractivity contribution >= 4 is 16.6 Å². The SMILES string of the molecule is CCCCCC/C=C(/C=C(/O[Si](C)(C)C)C(F)(F)F)O[Si](C)(C)C. The molecule has 0 spiro atoms. The molecule has 0 amide bonds. The van der Waals surface area contributed by atoms with Gasteiger partial charge in [0.15, 0.2) is 5.76 Å². The first-order valence-corrected chi connectivity index (χ1v) is 15.4. The van der Waals surface area contributed by atoms with Gasteiger partial charge in [-0.1, -0.05) is 26.2 Å². The van der Waals surface area contributed by atoms with Gasteiger partial charge in [-0.25, -0.2) is 0 Å². The highest BCUT2D eigenvalue weighted by Crippen LogP contribution is 2.31. The minimum Gasteiger partial charge on any atom is -0.544 e. The standard InChI is InChI=1S/C17H33F3O2Si2/c1-8-9-10-11-12-13-15(21-23(2,3)4)14-16(17(18,19)20)22-24(5,6)7/h13-14H,8-12H2,1-7H3/b15-13-,16-14+. The normalized spacial score (nSPS) is 14.8. The molecule has 0 radical (unpaired) electrons. The quantitative estimate of drug-likeness (QED) is 0.175. The molecular formula is C17H33F3O2Si2. The average Bonchev–Trinajstić information content (AvgIpc) is 2.33. The lowest BCUT2D eigenvalue weighted by Crippen LogP contribution is -2.31. The third-order valence-corrected chi connectivity index (χ3v) is 4.48. The molecule has 0 aliphatic heterocycles. The van der Waals surface area contributed by atoms with Gasteiger partial charge in [-0.05, 0) is 58.2 Å². The summed E-state index contributed by atoms with van der Waals surface area (Å²) in [6.07, 6.45) is 3.32. The van der Waals surface area contributed by atoms with Crippen LogP contribution < -0.4 is 0 Å². The summed E-state index contributed by atoms with van der Waals surface area (Å²) in [4.78, 5) is 0. The third-order valence-electron chi connectivity index (χ3n) is 2.80. The zero-order chi connectivity index (χ0) is 19.0. The second kappa shape index (κ2) is 9.70. The average molecular weight is 383 g/mol. The van der Waals surface area contributed by atoms with Crippen LogP contribution in [0.5, 0.6) is 0 Å². The second-order valence-corrected chi connectivity index (χ2v) is 16.7. The van der Waals surface area contributed by atoms with Gasteiger partial charge in [0.1, 0.15) is 5.76 Å². The van der Waals surface area contributed by atoms with Crippen LogP contribution in [0.25, 0.3) is 0 Å². The van der Waals surface area contributed by atoms with Gasteiger partial charge in [0.2, 0.25) is 16.6 Å². The Balaban J connectivity index is 5.37. The van der Waals surface area contributed by atoms with E-state index < -0.39 is 28.6 Å². The number of unbranched alkanes of at least 4 members (excludes halogenated alkanes) is 4. The van der Waals surface area contributed by atoms with Gasteiger partial charge in [0.25, 0.3) is 0 Å². The largest absolute Gasteiger partial charge is 0.544 e. The maximum absolute atomic E-state index is 13.3. The first kappa shape index (κ1) is 23.3. The first-order chi connectivity index (χ1) is 10.7. The van der Waals surface area contributed by atoms with E-state index in [0.29, 0.717) is 6.42 Å². The number of hydrogen-bond acceptors (Lipinski definition) is 2. The minimum atomic E-state index is -4.51. The van der Waals surface area contributed by atoms with Crippen LogP contribution in [0.2, 0.25) is 39.3 Å². The van der Waals surface area contributed by atoms with Crippen molar-refractivity contribution in [2.45, 2.75) is 84.5 Å². The number of rotatable bonds is 10. The fourth-order valence-corrected chi connectivity index (χ4v) is 3.61. The Morgan fingerprint density at radius 3 is 1.83 bits per heavy atom. The predicted octanol–water partition coefficient (Wildman–Crippen LogP) is 6.99. The molecule has 0 aromatic carbocycles. The Bertz CT molecular complexity index is 431. The van der Waals surface area contributed by atoms with Gasteiger partial charge < -0.3 is 8.85 Å². The summed E-state index contributed by atoms with van der Waals surface area (Å²) in [6, 6.07) is 0. The lowest BCUT2D eigenvalue weighted by atomic mass is 10.1. The topological polar surface area (TPSA) is 18.5 Å². The summed E-state index contributed by atoms with van der Waals surface area (Å²) in [6.45, 7) is 13.2. The molecule has 0 aromatic rings. The lowest BCUT2D eigenvalue weighted by molar-refractivity contribution is -0.117. The van der Waals surface area contributed by atoms with Gasteiger partial charge in [-0.3, -0.25) is 0 Å². The highest BCUT2D eigenvalue weighted by molar-refractivity contribution is 6.70. The molecule has 24 heavy (non-hydrogen) atoms. The number of hydrogen-bond donors (Lipinski definition) is 0. The van der Waals surface area contributed by atoms with Gasteiger partial charge in [-0.15, -0.1) is 0 Å². The molecule has 0 aliphatic rings. The Morgan fingerprint density at radius 2 is 1.42 bits per heavy atom. The van der Waals surface area contributed by atoms with E-state index >= 15 is 0 Å². The van der Waals surface area contributed by atoms with Crippen molar-refractivity contribution in [1.82, 2.24) is 0 Å². The van der Waals surface area contributed by atoms with Crippen molar-refractivity contribution in [2.24, 2.45) is 0 Å². The molecule has 2 nitrogen and oxygen atoms in total. The van der Waals surface area contributed by atoms with E-state index in [1.54, 1.807) is 25.7 Å².